The van der Waals surface area contributed by atoms with Crippen molar-refractivity contribution in [2.75, 3.05) is 13.1 Å². The Morgan fingerprint density at radius 3 is 2.47 bits per heavy atom. The van der Waals surface area contributed by atoms with Gasteiger partial charge in [-0.25, -0.2) is 9.59 Å². The van der Waals surface area contributed by atoms with Crippen LogP contribution in [0.4, 0.5) is 4.79 Å². The summed E-state index contributed by atoms with van der Waals surface area (Å²) in [6, 6.07) is -0.310. The number of carboxylic acids is 1. The molecule has 0 aliphatic heterocycles. The first-order valence-electron chi connectivity index (χ1n) is 5.85. The van der Waals surface area contributed by atoms with E-state index < -0.39 is 12.1 Å². The fourth-order valence-electron chi connectivity index (χ4n) is 1.76. The van der Waals surface area contributed by atoms with Crippen LogP contribution >= 0.6 is 0 Å². The second-order valence-corrected chi connectivity index (χ2v) is 4.92. The minimum Gasteiger partial charge on any atom is -0.479 e. The maximum atomic E-state index is 11.3. The van der Waals surface area contributed by atoms with E-state index >= 15 is 0 Å². The second kappa shape index (κ2) is 5.86. The smallest absolute Gasteiger partial charge is 0.332 e. The van der Waals surface area contributed by atoms with Crippen LogP contribution < -0.4 is 10.6 Å². The van der Waals surface area contributed by atoms with Crippen molar-refractivity contribution in [1.29, 1.82) is 0 Å². The Bertz CT molecular complexity index is 289. The van der Waals surface area contributed by atoms with Gasteiger partial charge in [0.1, 0.15) is 0 Å². The van der Waals surface area contributed by atoms with Crippen LogP contribution in [0, 0.1) is 5.41 Å². The van der Waals surface area contributed by atoms with Crippen LogP contribution in [0.15, 0.2) is 0 Å². The van der Waals surface area contributed by atoms with Gasteiger partial charge in [0.15, 0.2) is 6.10 Å². The summed E-state index contributed by atoms with van der Waals surface area (Å²) in [6.45, 7) is 2.92. The molecule has 6 nitrogen and oxygen atoms in total. The lowest BCUT2D eigenvalue weighted by molar-refractivity contribution is -0.146. The zero-order chi connectivity index (χ0) is 12.9. The van der Waals surface area contributed by atoms with E-state index in [0.717, 1.165) is 12.8 Å². The zero-order valence-electron chi connectivity index (χ0n) is 10.0. The van der Waals surface area contributed by atoms with Crippen molar-refractivity contribution in [3.63, 3.8) is 0 Å². The molecule has 0 aromatic carbocycles. The van der Waals surface area contributed by atoms with E-state index in [2.05, 4.69) is 17.6 Å². The topological polar surface area (TPSA) is 98.7 Å². The van der Waals surface area contributed by atoms with Crippen molar-refractivity contribution in [2.45, 2.75) is 38.7 Å². The molecule has 0 bridgehead atoms. The van der Waals surface area contributed by atoms with E-state index in [1.165, 1.54) is 6.42 Å². The molecule has 17 heavy (non-hydrogen) atoms. The molecule has 0 spiro atoms. The number of aliphatic carboxylic acids is 1. The first-order chi connectivity index (χ1) is 7.93. The number of urea groups is 1. The van der Waals surface area contributed by atoms with Crippen LogP contribution in [0.2, 0.25) is 0 Å². The summed E-state index contributed by atoms with van der Waals surface area (Å²) in [5.41, 5.74) is 0.220. The summed E-state index contributed by atoms with van der Waals surface area (Å²) in [4.78, 5) is 21.6. The number of hydrogen-bond donors (Lipinski definition) is 4. The van der Waals surface area contributed by atoms with Crippen molar-refractivity contribution < 1.29 is 19.8 Å². The Balaban J connectivity index is 2.07. The van der Waals surface area contributed by atoms with E-state index in [1.54, 1.807) is 0 Å². The molecule has 98 valence electrons. The molecule has 2 amide bonds. The Hall–Kier alpha value is -1.30. The highest BCUT2D eigenvalue weighted by Gasteiger charge is 2.31. The highest BCUT2D eigenvalue weighted by molar-refractivity contribution is 5.74. The van der Waals surface area contributed by atoms with Gasteiger partial charge in [0, 0.05) is 19.5 Å². The summed E-state index contributed by atoms with van der Waals surface area (Å²) in [6.07, 6.45) is 2.07. The van der Waals surface area contributed by atoms with E-state index in [9.17, 15) is 9.59 Å². The molecule has 1 aliphatic rings. The summed E-state index contributed by atoms with van der Waals surface area (Å²) in [5.74, 6) is -1.27. The quantitative estimate of drug-likeness (QED) is 0.540. The number of nitrogens with one attached hydrogen (secondary N) is 2. The molecule has 6 heteroatoms. The highest BCUT2D eigenvalue weighted by atomic mass is 16.4. The normalized spacial score (nSPS) is 18.9. The Labute approximate surface area is 100 Å². The van der Waals surface area contributed by atoms with Crippen molar-refractivity contribution in [1.82, 2.24) is 10.6 Å². The number of carbonyl (C=O) groups is 2. The fourth-order valence-corrected chi connectivity index (χ4v) is 1.76. The Morgan fingerprint density at radius 2 is 2.00 bits per heavy atom. The van der Waals surface area contributed by atoms with Crippen LogP contribution in [0.25, 0.3) is 0 Å². The highest BCUT2D eigenvalue weighted by Crippen LogP contribution is 2.39. The van der Waals surface area contributed by atoms with Gasteiger partial charge in [0.2, 0.25) is 0 Å². The second-order valence-electron chi connectivity index (χ2n) is 4.92. The predicted octanol–water partition coefficient (Wildman–Crippen LogP) is 0.311. The molecule has 1 aliphatic carbocycles. The van der Waals surface area contributed by atoms with Gasteiger partial charge in [0.05, 0.1) is 0 Å². The molecular formula is C11H20N2O4. The van der Waals surface area contributed by atoms with Crippen LogP contribution in [0.5, 0.6) is 0 Å². The number of amides is 2. The number of rotatable bonds is 6. The first-order valence-corrected chi connectivity index (χ1v) is 5.85. The lowest BCUT2D eigenvalue weighted by Crippen LogP contribution is -2.44. The molecular weight excluding hydrogens is 224 g/mol. The standard InChI is InChI=1S/C11H20N2O4/c1-11(4-2-5-11)7-13-10(17)12-6-3-8(14)9(15)16/h8,14H,2-7H2,1H3,(H,15,16)(H2,12,13,17). The minimum absolute atomic E-state index is 0.0139. The molecule has 1 atom stereocenters. The first kappa shape index (κ1) is 13.8. The monoisotopic (exact) mass is 244 g/mol. The Kier molecular flexibility index (Phi) is 4.74. The van der Waals surface area contributed by atoms with Crippen molar-refractivity contribution in [3.05, 3.63) is 0 Å². The summed E-state index contributed by atoms with van der Waals surface area (Å²) in [5, 5.41) is 22.7. The minimum atomic E-state index is -1.42. The molecule has 1 fully saturated rings. The number of aliphatic hydroxyl groups is 1. The van der Waals surface area contributed by atoms with Crippen molar-refractivity contribution >= 4 is 12.0 Å². The average Bonchev–Trinajstić information content (AvgIpc) is 2.23. The number of carbonyl (C=O) groups excluding carboxylic acids is 1. The summed E-state index contributed by atoms with van der Waals surface area (Å²) in [7, 11) is 0. The summed E-state index contributed by atoms with van der Waals surface area (Å²) < 4.78 is 0. The third-order valence-corrected chi connectivity index (χ3v) is 3.22. The molecule has 0 heterocycles. The van der Waals surface area contributed by atoms with Crippen LogP contribution in [0.3, 0.4) is 0 Å². The third kappa shape index (κ3) is 4.60. The van der Waals surface area contributed by atoms with Gasteiger partial charge >= 0.3 is 12.0 Å². The molecule has 0 aromatic heterocycles. The SMILES string of the molecule is CC1(CNC(=O)NCCC(O)C(=O)O)CCC1. The lowest BCUT2D eigenvalue weighted by Gasteiger charge is -2.38. The largest absolute Gasteiger partial charge is 0.479 e. The van der Waals surface area contributed by atoms with Gasteiger partial charge < -0.3 is 20.8 Å². The lowest BCUT2D eigenvalue weighted by atomic mass is 9.70. The van der Waals surface area contributed by atoms with Gasteiger partial charge in [-0.2, -0.15) is 0 Å². The number of aliphatic hydroxyl groups excluding tert-OH is 1. The van der Waals surface area contributed by atoms with Gasteiger partial charge in [-0.1, -0.05) is 13.3 Å². The van der Waals surface area contributed by atoms with Crippen LogP contribution in [-0.2, 0) is 4.79 Å². The van der Waals surface area contributed by atoms with Crippen LogP contribution in [-0.4, -0.2) is 41.4 Å². The Morgan fingerprint density at radius 1 is 1.35 bits per heavy atom. The number of carboxylic acid groups (broad SMARTS) is 1. The maximum absolute atomic E-state index is 11.3. The fraction of sp³-hybridized carbons (Fsp3) is 0.818. The summed E-state index contributed by atoms with van der Waals surface area (Å²) >= 11 is 0. The van der Waals surface area contributed by atoms with Gasteiger partial charge in [-0.3, -0.25) is 0 Å². The molecule has 4 N–H and O–H groups in total. The molecule has 1 unspecified atom stereocenters. The van der Waals surface area contributed by atoms with Crippen molar-refractivity contribution in [3.8, 4) is 0 Å². The van der Waals surface area contributed by atoms with Gasteiger partial charge in [-0.05, 0) is 18.3 Å². The van der Waals surface area contributed by atoms with Gasteiger partial charge in [0.25, 0.3) is 0 Å². The maximum Gasteiger partial charge on any atom is 0.332 e. The van der Waals surface area contributed by atoms with E-state index in [4.69, 9.17) is 10.2 Å². The zero-order valence-corrected chi connectivity index (χ0v) is 10.0. The third-order valence-electron chi connectivity index (χ3n) is 3.22. The van der Waals surface area contributed by atoms with Crippen molar-refractivity contribution in [2.24, 2.45) is 5.41 Å². The van der Waals surface area contributed by atoms with Crippen LogP contribution in [0.1, 0.15) is 32.6 Å². The molecule has 1 rings (SSSR count). The van der Waals surface area contributed by atoms with E-state index in [0.29, 0.717) is 6.54 Å². The molecule has 0 aromatic rings. The van der Waals surface area contributed by atoms with E-state index in [1.807, 2.05) is 0 Å². The molecule has 1 saturated carbocycles. The molecule has 0 saturated heterocycles. The average molecular weight is 244 g/mol. The van der Waals surface area contributed by atoms with Gasteiger partial charge in [-0.15, -0.1) is 0 Å². The predicted molar refractivity (Wildman–Crippen MR) is 61.6 cm³/mol. The number of hydrogen-bond acceptors (Lipinski definition) is 3. The molecule has 0 radical (unpaired) electrons. The van der Waals surface area contributed by atoms with E-state index in [-0.39, 0.29) is 24.4 Å².